The zero-order valence-electron chi connectivity index (χ0n) is 13.3. The van der Waals surface area contributed by atoms with E-state index in [4.69, 9.17) is 0 Å². The van der Waals surface area contributed by atoms with Gasteiger partial charge in [0.15, 0.2) is 0 Å². The van der Waals surface area contributed by atoms with Gasteiger partial charge in [-0.3, -0.25) is 0 Å². The van der Waals surface area contributed by atoms with E-state index in [1.54, 1.807) is 0 Å². The average molecular weight is 303 g/mol. The van der Waals surface area contributed by atoms with E-state index < -0.39 is 11.6 Å². The Morgan fingerprint density at radius 1 is 0.909 bits per heavy atom. The summed E-state index contributed by atoms with van der Waals surface area (Å²) in [6, 6.07) is 11.8. The van der Waals surface area contributed by atoms with E-state index in [0.29, 0.717) is 5.69 Å². The Balaban J connectivity index is 2.26. The third-order valence-electron chi connectivity index (χ3n) is 3.78. The smallest absolute Gasteiger partial charge is 0.149 e. The normalized spacial score (nSPS) is 10.7. The van der Waals surface area contributed by atoms with Crippen LogP contribution in [-0.4, -0.2) is 6.54 Å². The number of rotatable bonds is 7. The molecular formula is C19H23F2N. The number of benzene rings is 2. The molecule has 0 bridgehead atoms. The van der Waals surface area contributed by atoms with Crippen molar-refractivity contribution >= 4 is 11.4 Å². The van der Waals surface area contributed by atoms with E-state index >= 15 is 0 Å². The zero-order chi connectivity index (χ0) is 15.9. The lowest BCUT2D eigenvalue weighted by atomic mass is 10.1. The number of anilines is 2. The highest BCUT2D eigenvalue weighted by molar-refractivity contribution is 5.64. The highest BCUT2D eigenvalue weighted by Crippen LogP contribution is 2.29. The van der Waals surface area contributed by atoms with Crippen LogP contribution in [0.3, 0.4) is 0 Å². The van der Waals surface area contributed by atoms with Crippen LogP contribution in [0.5, 0.6) is 0 Å². The Labute approximate surface area is 131 Å². The first-order chi connectivity index (χ1) is 10.6. The highest BCUT2D eigenvalue weighted by atomic mass is 19.1. The van der Waals surface area contributed by atoms with Crippen LogP contribution in [0.4, 0.5) is 20.2 Å². The number of hydrogen-bond acceptors (Lipinski definition) is 1. The van der Waals surface area contributed by atoms with Crippen molar-refractivity contribution in [2.24, 2.45) is 0 Å². The molecule has 0 aromatic heterocycles. The Morgan fingerprint density at radius 2 is 1.64 bits per heavy atom. The molecule has 118 valence electrons. The molecule has 0 amide bonds. The third kappa shape index (κ3) is 4.30. The number of unbranched alkanes of at least 4 members (excludes halogenated alkanes) is 3. The number of hydrogen-bond donors (Lipinski definition) is 0. The molecule has 2 aromatic carbocycles. The highest BCUT2D eigenvalue weighted by Gasteiger charge is 2.14. The lowest BCUT2D eigenvalue weighted by molar-refractivity contribution is 0.580. The zero-order valence-corrected chi connectivity index (χ0v) is 13.3. The molecule has 0 radical (unpaired) electrons. The topological polar surface area (TPSA) is 3.24 Å². The van der Waals surface area contributed by atoms with Crippen LogP contribution in [0, 0.1) is 18.6 Å². The maximum absolute atomic E-state index is 14.2. The van der Waals surface area contributed by atoms with Gasteiger partial charge >= 0.3 is 0 Å². The summed E-state index contributed by atoms with van der Waals surface area (Å²) < 4.78 is 27.3. The van der Waals surface area contributed by atoms with Crippen molar-refractivity contribution in [2.75, 3.05) is 11.4 Å². The first-order valence-electron chi connectivity index (χ1n) is 7.91. The molecule has 0 aliphatic heterocycles. The van der Waals surface area contributed by atoms with Crippen molar-refractivity contribution in [1.82, 2.24) is 0 Å². The fourth-order valence-electron chi connectivity index (χ4n) is 2.51. The summed E-state index contributed by atoms with van der Waals surface area (Å²) in [5, 5.41) is 0. The van der Waals surface area contributed by atoms with Crippen molar-refractivity contribution in [3.8, 4) is 0 Å². The quantitative estimate of drug-likeness (QED) is 0.568. The molecule has 0 saturated heterocycles. The molecule has 2 aromatic rings. The van der Waals surface area contributed by atoms with Gasteiger partial charge in [0.25, 0.3) is 0 Å². The number of halogens is 2. The lowest BCUT2D eigenvalue weighted by Crippen LogP contribution is -2.19. The van der Waals surface area contributed by atoms with Crippen LogP contribution >= 0.6 is 0 Å². The average Bonchev–Trinajstić information content (AvgIpc) is 2.50. The fourth-order valence-corrected chi connectivity index (χ4v) is 2.51. The van der Waals surface area contributed by atoms with Crippen molar-refractivity contribution < 1.29 is 8.78 Å². The van der Waals surface area contributed by atoms with Crippen molar-refractivity contribution in [3.05, 3.63) is 59.7 Å². The molecule has 3 heteroatoms. The van der Waals surface area contributed by atoms with E-state index in [9.17, 15) is 8.78 Å². The molecule has 0 unspecified atom stereocenters. The Bertz CT molecular complexity index is 593. The molecule has 0 fully saturated rings. The van der Waals surface area contributed by atoms with Crippen LogP contribution in [0.1, 0.15) is 38.2 Å². The van der Waals surface area contributed by atoms with Crippen molar-refractivity contribution in [3.63, 3.8) is 0 Å². The molecule has 1 nitrogen and oxygen atoms in total. The van der Waals surface area contributed by atoms with Gasteiger partial charge in [-0.05, 0) is 37.6 Å². The van der Waals surface area contributed by atoms with E-state index in [1.165, 1.54) is 18.6 Å². The second kappa shape index (κ2) is 7.92. The van der Waals surface area contributed by atoms with Gasteiger partial charge in [0.1, 0.15) is 11.6 Å². The standard InChI is InChI=1S/C19H23F2N/c1-3-4-5-6-13-22(17-10-7-15(2)8-11-17)19-12-9-16(20)14-18(19)21/h7-12,14H,3-6,13H2,1-2H3. The van der Waals surface area contributed by atoms with Gasteiger partial charge in [-0.2, -0.15) is 0 Å². The summed E-state index contributed by atoms with van der Waals surface area (Å²) >= 11 is 0. The second-order valence-electron chi connectivity index (χ2n) is 5.64. The molecule has 0 saturated carbocycles. The minimum atomic E-state index is -0.545. The SMILES string of the molecule is CCCCCCN(c1ccc(C)cc1)c1ccc(F)cc1F. The van der Waals surface area contributed by atoms with Crippen LogP contribution in [0.2, 0.25) is 0 Å². The van der Waals surface area contributed by atoms with Crippen LogP contribution < -0.4 is 4.90 Å². The molecule has 0 atom stereocenters. The van der Waals surface area contributed by atoms with Gasteiger partial charge in [0, 0.05) is 18.3 Å². The maximum Gasteiger partial charge on any atom is 0.149 e. The summed E-state index contributed by atoms with van der Waals surface area (Å²) in [5.41, 5.74) is 2.53. The van der Waals surface area contributed by atoms with Gasteiger partial charge in [-0.15, -0.1) is 0 Å². The summed E-state index contributed by atoms with van der Waals surface area (Å²) in [6.07, 6.45) is 4.43. The number of aryl methyl sites for hydroxylation is 1. The molecule has 22 heavy (non-hydrogen) atoms. The molecule has 0 aliphatic rings. The molecular weight excluding hydrogens is 280 g/mol. The summed E-state index contributed by atoms with van der Waals surface area (Å²) in [7, 11) is 0. The summed E-state index contributed by atoms with van der Waals surface area (Å²) in [4.78, 5) is 1.93. The first kappa shape index (κ1) is 16.5. The largest absolute Gasteiger partial charge is 0.339 e. The van der Waals surface area contributed by atoms with Crippen molar-refractivity contribution in [2.45, 2.75) is 39.5 Å². The second-order valence-corrected chi connectivity index (χ2v) is 5.64. The minimum absolute atomic E-state index is 0.432. The van der Waals surface area contributed by atoms with E-state index in [0.717, 1.165) is 43.1 Å². The Kier molecular flexibility index (Phi) is 5.93. The maximum atomic E-state index is 14.2. The van der Waals surface area contributed by atoms with E-state index in [-0.39, 0.29) is 0 Å². The van der Waals surface area contributed by atoms with Crippen molar-refractivity contribution in [1.29, 1.82) is 0 Å². The molecule has 2 rings (SSSR count). The van der Waals surface area contributed by atoms with Gasteiger partial charge in [-0.25, -0.2) is 8.78 Å². The van der Waals surface area contributed by atoms with Gasteiger partial charge < -0.3 is 4.90 Å². The van der Waals surface area contributed by atoms with Crippen LogP contribution in [-0.2, 0) is 0 Å². The predicted molar refractivity (Wildman–Crippen MR) is 88.7 cm³/mol. The summed E-state index contributed by atoms with van der Waals surface area (Å²) in [6.45, 7) is 4.91. The molecule has 0 spiro atoms. The first-order valence-corrected chi connectivity index (χ1v) is 7.91. The van der Waals surface area contributed by atoms with Gasteiger partial charge in [-0.1, -0.05) is 43.9 Å². The van der Waals surface area contributed by atoms with E-state index in [2.05, 4.69) is 6.92 Å². The fraction of sp³-hybridized carbons (Fsp3) is 0.368. The minimum Gasteiger partial charge on any atom is -0.339 e. The van der Waals surface area contributed by atoms with E-state index in [1.807, 2.05) is 36.1 Å². The lowest BCUT2D eigenvalue weighted by Gasteiger charge is -2.25. The predicted octanol–water partition coefficient (Wildman–Crippen LogP) is 5.99. The van der Waals surface area contributed by atoms with Gasteiger partial charge in [0.2, 0.25) is 0 Å². The summed E-state index contributed by atoms with van der Waals surface area (Å²) in [5.74, 6) is -1.06. The third-order valence-corrected chi connectivity index (χ3v) is 3.78. The molecule has 0 aliphatic carbocycles. The Hall–Kier alpha value is -1.90. The Morgan fingerprint density at radius 3 is 2.27 bits per heavy atom. The molecule has 0 heterocycles. The molecule has 0 N–H and O–H groups in total. The monoisotopic (exact) mass is 303 g/mol. The van der Waals surface area contributed by atoms with Crippen LogP contribution in [0.15, 0.2) is 42.5 Å². The van der Waals surface area contributed by atoms with Crippen LogP contribution in [0.25, 0.3) is 0 Å². The van der Waals surface area contributed by atoms with Gasteiger partial charge in [0.05, 0.1) is 5.69 Å². The number of nitrogens with zero attached hydrogens (tertiary/aromatic N) is 1.